The van der Waals surface area contributed by atoms with E-state index in [-0.39, 0.29) is 37.9 Å². The number of carbonyl (C=O) groups is 6. The molecule has 4 atom stereocenters. The molecule has 0 heterocycles. The number of hydrogen-bond donors (Lipinski definition) is 8. The lowest BCUT2D eigenvalue weighted by molar-refractivity contribution is -0.142. The molecule has 0 radical (unpaired) electrons. The largest absolute Gasteiger partial charge is 0.508 e. The van der Waals surface area contributed by atoms with E-state index in [9.17, 15) is 33.9 Å². The van der Waals surface area contributed by atoms with Gasteiger partial charge in [0, 0.05) is 19.3 Å². The maximum Gasteiger partial charge on any atom is 0.325 e. The molecule has 198 valence electrons. The number of carboxylic acid groups (broad SMARTS) is 2. The van der Waals surface area contributed by atoms with Crippen LogP contribution in [0.25, 0.3) is 0 Å². The molecule has 0 spiro atoms. The number of amides is 4. The Morgan fingerprint density at radius 1 is 0.833 bits per heavy atom. The van der Waals surface area contributed by atoms with Gasteiger partial charge >= 0.3 is 11.9 Å². The van der Waals surface area contributed by atoms with Crippen molar-refractivity contribution < 1.29 is 44.1 Å². The average molecular weight is 510 g/mol. The Morgan fingerprint density at radius 3 is 1.92 bits per heavy atom. The number of carbonyl (C=O) groups excluding carboxylic acids is 4. The van der Waals surface area contributed by atoms with Gasteiger partial charge < -0.3 is 42.7 Å². The molecule has 14 nitrogen and oxygen atoms in total. The maximum atomic E-state index is 13.0. The number of primary amides is 1. The van der Waals surface area contributed by atoms with Crippen LogP contribution in [0.1, 0.15) is 38.2 Å². The van der Waals surface area contributed by atoms with Gasteiger partial charge in [0.1, 0.15) is 23.9 Å². The van der Waals surface area contributed by atoms with Crippen molar-refractivity contribution in [1.29, 1.82) is 0 Å². The highest BCUT2D eigenvalue weighted by Gasteiger charge is 2.30. The van der Waals surface area contributed by atoms with Crippen LogP contribution in [0.4, 0.5) is 0 Å². The normalized spacial score (nSPS) is 13.9. The second kappa shape index (κ2) is 14.3. The first-order valence-corrected chi connectivity index (χ1v) is 11.0. The van der Waals surface area contributed by atoms with Crippen LogP contribution in [0.5, 0.6) is 5.75 Å². The molecular weight excluding hydrogens is 478 g/mol. The summed E-state index contributed by atoms with van der Waals surface area (Å²) in [6.07, 6.45) is -1.22. The lowest BCUT2D eigenvalue weighted by Crippen LogP contribution is -2.57. The molecule has 1 aromatic carbocycles. The monoisotopic (exact) mass is 509 g/mol. The summed E-state index contributed by atoms with van der Waals surface area (Å²) >= 11 is 0. The zero-order valence-corrected chi connectivity index (χ0v) is 19.6. The van der Waals surface area contributed by atoms with Gasteiger partial charge in [-0.3, -0.25) is 28.8 Å². The highest BCUT2D eigenvalue weighted by molar-refractivity contribution is 5.94. The van der Waals surface area contributed by atoms with Crippen molar-refractivity contribution in [3.63, 3.8) is 0 Å². The molecule has 0 fully saturated rings. The number of aromatic hydroxyl groups is 1. The van der Waals surface area contributed by atoms with Crippen LogP contribution in [-0.4, -0.2) is 75.1 Å². The molecule has 36 heavy (non-hydrogen) atoms. The van der Waals surface area contributed by atoms with Crippen LogP contribution < -0.4 is 27.4 Å². The van der Waals surface area contributed by atoms with E-state index in [0.717, 1.165) is 0 Å². The number of hydrogen-bond acceptors (Lipinski definition) is 8. The molecular formula is C22H31N5O9. The minimum atomic E-state index is -1.35. The molecule has 4 amide bonds. The van der Waals surface area contributed by atoms with E-state index in [4.69, 9.17) is 21.7 Å². The standard InChI is InChI=1S/C22H31N5O9/c1-11(22(35)36)25-21(34)16(10-12-2-4-13(28)5-3-12)27-20(33)15(7-8-17(24)29)26-19(32)14(23)6-9-18(30)31/h2-5,11,14-16,28H,6-10,23H2,1H3,(H2,24,29)(H,25,34)(H,26,32)(H,27,33)(H,30,31)(H,35,36). The van der Waals surface area contributed by atoms with Crippen molar-refractivity contribution in [2.24, 2.45) is 11.5 Å². The lowest BCUT2D eigenvalue weighted by atomic mass is 10.0. The van der Waals surface area contributed by atoms with Crippen molar-refractivity contribution in [1.82, 2.24) is 16.0 Å². The predicted molar refractivity (Wildman–Crippen MR) is 124 cm³/mol. The Balaban J connectivity index is 3.08. The predicted octanol–water partition coefficient (Wildman–Crippen LogP) is -2.05. The number of nitrogens with one attached hydrogen (secondary N) is 3. The minimum Gasteiger partial charge on any atom is -0.508 e. The Morgan fingerprint density at radius 2 is 1.39 bits per heavy atom. The smallest absolute Gasteiger partial charge is 0.325 e. The number of phenolic OH excluding ortho intramolecular Hbond substituents is 1. The van der Waals surface area contributed by atoms with Gasteiger partial charge in [0.25, 0.3) is 0 Å². The average Bonchev–Trinajstić information content (AvgIpc) is 2.80. The number of aliphatic carboxylic acids is 2. The quantitative estimate of drug-likeness (QED) is 0.128. The fraction of sp³-hybridized carbons (Fsp3) is 0.455. The fourth-order valence-electron chi connectivity index (χ4n) is 2.97. The highest BCUT2D eigenvalue weighted by Crippen LogP contribution is 2.12. The number of benzene rings is 1. The van der Waals surface area contributed by atoms with Crippen LogP contribution in [0.15, 0.2) is 24.3 Å². The van der Waals surface area contributed by atoms with Crippen molar-refractivity contribution in [3.05, 3.63) is 29.8 Å². The Kier molecular flexibility index (Phi) is 11.8. The van der Waals surface area contributed by atoms with Gasteiger partial charge in [-0.25, -0.2) is 0 Å². The number of nitrogens with two attached hydrogens (primary N) is 2. The summed E-state index contributed by atoms with van der Waals surface area (Å²) in [6.45, 7) is 1.23. The van der Waals surface area contributed by atoms with Crippen LogP contribution >= 0.6 is 0 Å². The van der Waals surface area contributed by atoms with Crippen LogP contribution in [0.2, 0.25) is 0 Å². The number of carboxylic acids is 2. The van der Waals surface area contributed by atoms with E-state index in [1.165, 1.54) is 31.2 Å². The molecule has 0 aromatic heterocycles. The first-order chi connectivity index (χ1) is 16.8. The highest BCUT2D eigenvalue weighted by atomic mass is 16.4. The van der Waals surface area contributed by atoms with E-state index in [2.05, 4.69) is 16.0 Å². The van der Waals surface area contributed by atoms with Crippen LogP contribution in [0.3, 0.4) is 0 Å². The van der Waals surface area contributed by atoms with Crippen molar-refractivity contribution in [2.75, 3.05) is 0 Å². The van der Waals surface area contributed by atoms with Gasteiger partial charge in [-0.1, -0.05) is 12.1 Å². The summed E-state index contributed by atoms with van der Waals surface area (Å²) in [5.41, 5.74) is 11.3. The van der Waals surface area contributed by atoms with E-state index >= 15 is 0 Å². The van der Waals surface area contributed by atoms with Gasteiger partial charge in [-0.05, 0) is 37.5 Å². The van der Waals surface area contributed by atoms with Gasteiger partial charge in [-0.15, -0.1) is 0 Å². The second-order valence-electron chi connectivity index (χ2n) is 8.11. The third kappa shape index (κ3) is 10.8. The van der Waals surface area contributed by atoms with Gasteiger partial charge in [-0.2, -0.15) is 0 Å². The molecule has 10 N–H and O–H groups in total. The molecule has 4 unspecified atom stereocenters. The zero-order chi connectivity index (χ0) is 27.4. The zero-order valence-electron chi connectivity index (χ0n) is 19.6. The molecule has 0 aliphatic carbocycles. The van der Waals surface area contributed by atoms with Gasteiger partial charge in [0.2, 0.25) is 23.6 Å². The fourth-order valence-corrected chi connectivity index (χ4v) is 2.97. The topological polar surface area (TPSA) is 251 Å². The van der Waals surface area contributed by atoms with Crippen LogP contribution in [0, 0.1) is 0 Å². The summed E-state index contributed by atoms with van der Waals surface area (Å²) in [5, 5.41) is 34.3. The third-order valence-electron chi connectivity index (χ3n) is 5.06. The summed E-state index contributed by atoms with van der Waals surface area (Å²) < 4.78 is 0. The third-order valence-corrected chi connectivity index (χ3v) is 5.06. The number of rotatable bonds is 15. The van der Waals surface area contributed by atoms with Gasteiger partial charge in [0.05, 0.1) is 6.04 Å². The molecule has 1 rings (SSSR count). The van der Waals surface area contributed by atoms with E-state index in [0.29, 0.717) is 5.56 Å². The molecule has 0 saturated heterocycles. The summed E-state index contributed by atoms with van der Waals surface area (Å²) in [7, 11) is 0. The Bertz CT molecular complexity index is 967. The van der Waals surface area contributed by atoms with E-state index in [1.807, 2.05) is 0 Å². The van der Waals surface area contributed by atoms with Crippen molar-refractivity contribution >= 4 is 35.6 Å². The molecule has 0 aliphatic heterocycles. The van der Waals surface area contributed by atoms with Crippen molar-refractivity contribution in [3.8, 4) is 5.75 Å². The summed E-state index contributed by atoms with van der Waals surface area (Å²) in [4.78, 5) is 71.3. The molecule has 0 bridgehead atoms. The first kappa shape index (κ1) is 29.8. The maximum absolute atomic E-state index is 13.0. The number of phenols is 1. The Labute approximate surface area is 206 Å². The van der Waals surface area contributed by atoms with Gasteiger partial charge in [0.15, 0.2) is 0 Å². The lowest BCUT2D eigenvalue weighted by Gasteiger charge is -2.24. The molecule has 0 aliphatic rings. The minimum absolute atomic E-state index is 0.0308. The second-order valence-corrected chi connectivity index (χ2v) is 8.11. The molecule has 14 heteroatoms. The Hall–Kier alpha value is -4.20. The summed E-state index contributed by atoms with van der Waals surface area (Å²) in [6, 6.07) is 0.546. The van der Waals surface area contributed by atoms with Crippen LogP contribution in [-0.2, 0) is 35.2 Å². The molecule has 1 aromatic rings. The SMILES string of the molecule is CC(NC(=O)C(Cc1ccc(O)cc1)NC(=O)C(CCC(N)=O)NC(=O)C(N)CCC(=O)O)C(=O)O. The van der Waals surface area contributed by atoms with E-state index in [1.54, 1.807) is 0 Å². The van der Waals surface area contributed by atoms with Crippen molar-refractivity contribution in [2.45, 2.75) is 63.2 Å². The molecule has 0 saturated carbocycles. The van der Waals surface area contributed by atoms with E-state index < -0.39 is 59.7 Å². The first-order valence-electron chi connectivity index (χ1n) is 11.0. The summed E-state index contributed by atoms with van der Waals surface area (Å²) in [5.74, 6) is -5.82.